The van der Waals surface area contributed by atoms with E-state index in [0.29, 0.717) is 11.4 Å². The number of halogens is 3. The highest BCUT2D eigenvalue weighted by atomic mass is 32.1. The molecule has 0 aromatic carbocycles. The molecule has 4 nitrogen and oxygen atoms in total. The van der Waals surface area contributed by atoms with Crippen LogP contribution in [0.5, 0.6) is 0 Å². The summed E-state index contributed by atoms with van der Waals surface area (Å²) in [6.45, 7) is 4.80. The summed E-state index contributed by atoms with van der Waals surface area (Å²) in [5, 5.41) is 2.22. The van der Waals surface area contributed by atoms with E-state index in [1.165, 1.54) is 6.92 Å². The van der Waals surface area contributed by atoms with Gasteiger partial charge in [-0.25, -0.2) is 14.6 Å². The van der Waals surface area contributed by atoms with Crippen LogP contribution in [0.1, 0.15) is 22.6 Å². The van der Waals surface area contributed by atoms with Gasteiger partial charge in [-0.2, -0.15) is 13.2 Å². The van der Waals surface area contributed by atoms with E-state index < -0.39 is 11.9 Å². The van der Waals surface area contributed by atoms with Crippen molar-refractivity contribution in [3.8, 4) is 5.95 Å². The summed E-state index contributed by atoms with van der Waals surface area (Å²) in [6, 6.07) is 1.73. The van der Waals surface area contributed by atoms with Gasteiger partial charge in [-0.3, -0.25) is 5.10 Å². The van der Waals surface area contributed by atoms with Gasteiger partial charge in [0.15, 0.2) is 0 Å². The molecule has 2 heterocycles. The molecule has 0 aliphatic heterocycles. The van der Waals surface area contributed by atoms with Crippen molar-refractivity contribution in [1.29, 1.82) is 0 Å². The lowest BCUT2D eigenvalue weighted by Crippen LogP contribution is -2.10. The van der Waals surface area contributed by atoms with Gasteiger partial charge in [0.05, 0.1) is 0 Å². The lowest BCUT2D eigenvalue weighted by atomic mass is 10.3. The van der Waals surface area contributed by atoms with Crippen LogP contribution in [0.2, 0.25) is 0 Å². The number of nitrogens with zero attached hydrogens (tertiary/aromatic N) is 3. The summed E-state index contributed by atoms with van der Waals surface area (Å²) in [5.74, 6) is 0.112. The van der Waals surface area contributed by atoms with Crippen molar-refractivity contribution in [2.24, 2.45) is 0 Å². The fourth-order valence-electron chi connectivity index (χ4n) is 1.75. The summed E-state index contributed by atoms with van der Waals surface area (Å²) >= 11 is 5.00. The van der Waals surface area contributed by atoms with Gasteiger partial charge in [0.2, 0.25) is 0 Å². The van der Waals surface area contributed by atoms with E-state index in [1.54, 1.807) is 19.9 Å². The fourth-order valence-corrected chi connectivity index (χ4v) is 1.97. The zero-order valence-corrected chi connectivity index (χ0v) is 11.3. The average molecular weight is 288 g/mol. The lowest BCUT2D eigenvalue weighted by molar-refractivity contribution is -0.141. The topological polar surface area (TPSA) is 46.5 Å². The summed E-state index contributed by atoms with van der Waals surface area (Å²) in [6.07, 6.45) is -4.48. The fraction of sp³-hybridized carbons (Fsp3) is 0.364. The van der Waals surface area contributed by atoms with Crippen LogP contribution in [0.4, 0.5) is 13.2 Å². The van der Waals surface area contributed by atoms with Crippen molar-refractivity contribution < 1.29 is 13.2 Å². The van der Waals surface area contributed by atoms with Gasteiger partial charge in [0, 0.05) is 17.0 Å². The molecule has 0 aliphatic carbocycles. The third-order valence-corrected chi connectivity index (χ3v) is 3.07. The molecule has 0 saturated carbocycles. The monoisotopic (exact) mass is 288 g/mol. The molecule has 0 saturated heterocycles. The average Bonchev–Trinajstić information content (AvgIpc) is 2.54. The van der Waals surface area contributed by atoms with Crippen molar-refractivity contribution in [2.45, 2.75) is 26.9 Å². The first-order chi connectivity index (χ1) is 8.70. The van der Waals surface area contributed by atoms with Crippen molar-refractivity contribution in [1.82, 2.24) is 19.7 Å². The highest BCUT2D eigenvalue weighted by molar-refractivity contribution is 7.71. The van der Waals surface area contributed by atoms with Gasteiger partial charge in [-0.15, -0.1) is 0 Å². The van der Waals surface area contributed by atoms with Gasteiger partial charge < -0.3 is 0 Å². The molecule has 2 aromatic rings. The summed E-state index contributed by atoms with van der Waals surface area (Å²) in [5.41, 5.74) is 0.404. The Morgan fingerprint density at radius 2 is 1.68 bits per heavy atom. The third kappa shape index (κ3) is 2.53. The second kappa shape index (κ2) is 4.44. The number of rotatable bonds is 1. The minimum atomic E-state index is -4.48. The Morgan fingerprint density at radius 3 is 2.11 bits per heavy atom. The second-order valence-electron chi connectivity index (χ2n) is 4.20. The number of alkyl halides is 3. The highest BCUT2D eigenvalue weighted by Gasteiger charge is 2.36. The molecule has 0 bridgehead atoms. The Labute approximate surface area is 112 Å². The Hall–Kier alpha value is -1.70. The zero-order chi connectivity index (χ0) is 14.4. The molecule has 2 aromatic heterocycles. The summed E-state index contributed by atoms with van der Waals surface area (Å²) < 4.78 is 39.5. The maximum atomic E-state index is 12.8. The number of aryl methyl sites for hydroxylation is 2. The molecule has 0 amide bonds. The van der Waals surface area contributed by atoms with Crippen LogP contribution >= 0.6 is 12.2 Å². The molecule has 0 spiro atoms. The molecular formula is C11H11F3N4S. The maximum Gasteiger partial charge on any atom is 0.433 e. The largest absolute Gasteiger partial charge is 0.433 e. The molecule has 0 atom stereocenters. The van der Waals surface area contributed by atoms with E-state index >= 15 is 0 Å². The van der Waals surface area contributed by atoms with Crippen LogP contribution in [-0.4, -0.2) is 19.7 Å². The van der Waals surface area contributed by atoms with E-state index in [-0.39, 0.29) is 16.2 Å². The van der Waals surface area contributed by atoms with Crippen molar-refractivity contribution in [3.05, 3.63) is 33.4 Å². The predicted molar refractivity (Wildman–Crippen MR) is 65.8 cm³/mol. The van der Waals surface area contributed by atoms with Crippen molar-refractivity contribution in [3.63, 3.8) is 0 Å². The lowest BCUT2D eigenvalue weighted by Gasteiger charge is -2.05. The second-order valence-corrected chi connectivity index (χ2v) is 4.59. The minimum Gasteiger partial charge on any atom is -0.285 e. The minimum absolute atomic E-state index is 0.0253. The van der Waals surface area contributed by atoms with Crippen LogP contribution in [0.15, 0.2) is 6.07 Å². The van der Waals surface area contributed by atoms with Crippen LogP contribution in [0.25, 0.3) is 5.95 Å². The first kappa shape index (κ1) is 13.7. The standard InChI is InChI=1S/C11H11F3N4S/c1-5-4-6(2)16-10(15-5)18-9(19)7(3)8(17-18)11(12,13)14/h4,17H,1-3H3. The molecule has 1 N–H and O–H groups in total. The number of aromatic nitrogens is 4. The molecular weight excluding hydrogens is 277 g/mol. The SMILES string of the molecule is Cc1cc(C)nc(-n2[nH]c(C(F)(F)F)c(C)c2=S)n1. The van der Waals surface area contributed by atoms with Crippen LogP contribution in [0, 0.1) is 25.4 Å². The number of aromatic amines is 1. The molecule has 0 radical (unpaired) electrons. The van der Waals surface area contributed by atoms with Crippen LogP contribution < -0.4 is 0 Å². The highest BCUT2D eigenvalue weighted by Crippen LogP contribution is 2.31. The number of H-pyrrole nitrogens is 1. The van der Waals surface area contributed by atoms with E-state index in [1.807, 2.05) is 0 Å². The first-order valence-corrected chi connectivity index (χ1v) is 5.82. The van der Waals surface area contributed by atoms with Crippen LogP contribution in [-0.2, 0) is 6.18 Å². The molecule has 102 valence electrons. The Kier molecular flexibility index (Phi) is 3.21. The zero-order valence-electron chi connectivity index (χ0n) is 10.5. The Balaban J connectivity index is 2.67. The number of hydrogen-bond acceptors (Lipinski definition) is 3. The smallest absolute Gasteiger partial charge is 0.285 e. The van der Waals surface area contributed by atoms with Gasteiger partial charge in [-0.1, -0.05) is 12.2 Å². The number of hydrogen-bond donors (Lipinski definition) is 1. The normalized spacial score (nSPS) is 11.9. The molecule has 8 heteroatoms. The van der Waals surface area contributed by atoms with Gasteiger partial charge in [-0.05, 0) is 26.8 Å². The van der Waals surface area contributed by atoms with E-state index in [2.05, 4.69) is 15.1 Å². The maximum absolute atomic E-state index is 12.8. The van der Waals surface area contributed by atoms with E-state index in [0.717, 1.165) is 4.68 Å². The molecule has 0 unspecified atom stereocenters. The third-order valence-electron chi connectivity index (χ3n) is 2.58. The summed E-state index contributed by atoms with van der Waals surface area (Å²) in [7, 11) is 0. The quantitative estimate of drug-likeness (QED) is 0.819. The van der Waals surface area contributed by atoms with Gasteiger partial charge >= 0.3 is 6.18 Å². The first-order valence-electron chi connectivity index (χ1n) is 5.41. The summed E-state index contributed by atoms with van der Waals surface area (Å²) in [4.78, 5) is 8.18. The molecule has 0 fully saturated rings. The predicted octanol–water partition coefficient (Wildman–Crippen LogP) is 3.27. The van der Waals surface area contributed by atoms with E-state index in [9.17, 15) is 13.2 Å². The van der Waals surface area contributed by atoms with Gasteiger partial charge in [0.1, 0.15) is 10.3 Å². The molecule has 2 rings (SSSR count). The van der Waals surface area contributed by atoms with E-state index in [4.69, 9.17) is 12.2 Å². The van der Waals surface area contributed by atoms with Gasteiger partial charge in [0.25, 0.3) is 5.95 Å². The van der Waals surface area contributed by atoms with Crippen LogP contribution in [0.3, 0.4) is 0 Å². The molecule has 19 heavy (non-hydrogen) atoms. The number of nitrogens with one attached hydrogen (secondary N) is 1. The Morgan fingerprint density at radius 1 is 1.16 bits per heavy atom. The molecule has 0 aliphatic rings. The van der Waals surface area contributed by atoms with Crippen molar-refractivity contribution >= 4 is 12.2 Å². The Bertz CT molecular complexity index is 664. The van der Waals surface area contributed by atoms with Crippen molar-refractivity contribution in [2.75, 3.05) is 0 Å².